The number of hydrogen-bond donors (Lipinski definition) is 3. The Labute approximate surface area is 192 Å². The topological polar surface area (TPSA) is 124 Å². The molecule has 1 saturated heterocycles. The van der Waals surface area contributed by atoms with Crippen molar-refractivity contribution >= 4 is 28.6 Å². The Kier molecular flexibility index (Phi) is 4.73. The Bertz CT molecular complexity index is 1440. The van der Waals surface area contributed by atoms with Crippen LogP contribution in [0, 0.1) is 17.6 Å². The Morgan fingerprint density at radius 1 is 1.15 bits per heavy atom. The van der Waals surface area contributed by atoms with E-state index >= 15 is 4.39 Å². The van der Waals surface area contributed by atoms with E-state index in [1.54, 1.807) is 0 Å². The van der Waals surface area contributed by atoms with Gasteiger partial charge in [-0.25, -0.2) is 28.4 Å². The van der Waals surface area contributed by atoms with E-state index in [2.05, 4.69) is 25.6 Å². The number of carbonyl (C=O) groups is 1. The van der Waals surface area contributed by atoms with Crippen LogP contribution in [0.25, 0.3) is 22.3 Å². The molecular weight excluding hydrogens is 442 g/mol. The zero-order chi connectivity index (χ0) is 23.4. The van der Waals surface area contributed by atoms with Crippen molar-refractivity contribution in [2.24, 2.45) is 5.92 Å². The Morgan fingerprint density at radius 3 is 2.76 bits per heavy atom. The largest absolute Gasteiger partial charge is 0.383 e. The first-order chi connectivity index (χ1) is 16.5. The third-order valence-electron chi connectivity index (χ3n) is 6.58. The third kappa shape index (κ3) is 3.36. The van der Waals surface area contributed by atoms with E-state index in [0.717, 1.165) is 37.6 Å². The first-order valence-corrected chi connectivity index (χ1v) is 10.9. The van der Waals surface area contributed by atoms with Gasteiger partial charge in [0.25, 0.3) is 5.91 Å². The second kappa shape index (κ2) is 7.80. The minimum atomic E-state index is -0.652. The first-order valence-electron chi connectivity index (χ1n) is 10.9. The van der Waals surface area contributed by atoms with E-state index < -0.39 is 17.5 Å². The number of nitrogens with two attached hydrogens (primary N) is 1. The number of rotatable bonds is 4. The number of pyridine rings is 1. The number of nitrogens with zero attached hydrogens (tertiary/aromatic N) is 5. The lowest BCUT2D eigenvalue weighted by atomic mass is 10.1. The molecular formula is C23H20F2N8O. The van der Waals surface area contributed by atoms with Gasteiger partial charge in [0.2, 0.25) is 0 Å². The highest BCUT2D eigenvalue weighted by Gasteiger charge is 2.42. The van der Waals surface area contributed by atoms with Crippen LogP contribution in [0.4, 0.5) is 20.4 Å². The standard InChI is InChI=1S/C23H20F2N8O/c24-13-3-4-27-18(8-13)31-23(34)12-1-2-14(15(25)7-12)20-19-21(26)29-10-30-22(19)33(32-20)17-6-11-5-16(17)28-9-11/h1-4,7-8,10-11,16-17,28H,5-6,9H2,(H2,26,29,30)(H,27,31,34)/t11-,16+,17+/m1/s1. The second-order valence-electron chi connectivity index (χ2n) is 8.68. The van der Waals surface area contributed by atoms with Crippen molar-refractivity contribution in [3.8, 4) is 11.3 Å². The molecule has 0 radical (unpaired) electrons. The molecule has 6 rings (SSSR count). The first kappa shape index (κ1) is 20.6. The maximum Gasteiger partial charge on any atom is 0.256 e. The summed E-state index contributed by atoms with van der Waals surface area (Å²) in [6.07, 6.45) is 4.65. The van der Waals surface area contributed by atoms with Crippen LogP contribution in [-0.2, 0) is 0 Å². The lowest BCUT2D eigenvalue weighted by molar-refractivity contribution is 0.102. The monoisotopic (exact) mass is 462 g/mol. The lowest BCUT2D eigenvalue weighted by Gasteiger charge is -2.23. The van der Waals surface area contributed by atoms with Crippen LogP contribution < -0.4 is 16.4 Å². The van der Waals surface area contributed by atoms with Gasteiger partial charge in [0.05, 0.1) is 11.4 Å². The predicted molar refractivity (Wildman–Crippen MR) is 121 cm³/mol. The van der Waals surface area contributed by atoms with Crippen molar-refractivity contribution in [3.05, 3.63) is 60.1 Å². The highest BCUT2D eigenvalue weighted by atomic mass is 19.1. The quantitative estimate of drug-likeness (QED) is 0.426. The molecule has 1 aliphatic carbocycles. The van der Waals surface area contributed by atoms with Crippen molar-refractivity contribution in [1.29, 1.82) is 0 Å². The van der Waals surface area contributed by atoms with Crippen LogP contribution in [-0.4, -0.2) is 43.2 Å². The van der Waals surface area contributed by atoms with Crippen LogP contribution in [0.15, 0.2) is 42.9 Å². The molecule has 9 nitrogen and oxygen atoms in total. The molecule has 1 aliphatic heterocycles. The number of fused-ring (bicyclic) bond motifs is 3. The summed E-state index contributed by atoms with van der Waals surface area (Å²) in [7, 11) is 0. The van der Waals surface area contributed by atoms with Gasteiger partial charge in [-0.2, -0.15) is 5.10 Å². The summed E-state index contributed by atoms with van der Waals surface area (Å²) in [5, 5.41) is 11.2. The highest BCUT2D eigenvalue weighted by molar-refractivity contribution is 6.04. The van der Waals surface area contributed by atoms with Gasteiger partial charge in [0.15, 0.2) is 5.65 Å². The Morgan fingerprint density at radius 2 is 2.03 bits per heavy atom. The summed E-state index contributed by atoms with van der Waals surface area (Å²) in [5.41, 5.74) is 7.28. The molecule has 172 valence electrons. The number of anilines is 2. The minimum absolute atomic E-state index is 0.0311. The number of aromatic nitrogens is 5. The zero-order valence-electron chi connectivity index (χ0n) is 17.9. The van der Waals surface area contributed by atoms with E-state index in [0.29, 0.717) is 22.6 Å². The summed E-state index contributed by atoms with van der Waals surface area (Å²) in [4.78, 5) is 24.9. The van der Waals surface area contributed by atoms with Gasteiger partial charge >= 0.3 is 0 Å². The molecule has 3 aromatic heterocycles. The molecule has 4 aromatic rings. The van der Waals surface area contributed by atoms with Crippen molar-refractivity contribution < 1.29 is 13.6 Å². The Balaban J connectivity index is 1.37. The second-order valence-corrected chi connectivity index (χ2v) is 8.68. The number of piperidine rings is 1. The van der Waals surface area contributed by atoms with Gasteiger partial charge < -0.3 is 16.4 Å². The molecule has 1 saturated carbocycles. The van der Waals surface area contributed by atoms with Gasteiger partial charge in [0, 0.05) is 29.4 Å². The van der Waals surface area contributed by atoms with E-state index in [-0.39, 0.29) is 34.8 Å². The summed E-state index contributed by atoms with van der Waals surface area (Å²) in [6.45, 7) is 0.994. The molecule has 3 atom stereocenters. The normalized spacial score (nSPS) is 21.3. The summed E-state index contributed by atoms with van der Waals surface area (Å²) < 4.78 is 30.5. The van der Waals surface area contributed by atoms with Gasteiger partial charge in [0.1, 0.15) is 35.3 Å². The maximum absolute atomic E-state index is 15.3. The van der Waals surface area contributed by atoms with Gasteiger partial charge in [-0.05, 0) is 49.6 Å². The summed E-state index contributed by atoms with van der Waals surface area (Å²) >= 11 is 0. The van der Waals surface area contributed by atoms with E-state index in [9.17, 15) is 9.18 Å². The number of amides is 1. The number of hydrogen-bond acceptors (Lipinski definition) is 7. The SMILES string of the molecule is Nc1ncnc2c1c(-c1ccc(C(=O)Nc3cc(F)ccn3)cc1F)nn2[C@H]1C[C@@H]2CN[C@H]1C2. The molecule has 1 aromatic carbocycles. The molecule has 4 heterocycles. The molecule has 2 bridgehead atoms. The number of nitrogen functional groups attached to an aromatic ring is 1. The van der Waals surface area contributed by atoms with Gasteiger partial charge in [-0.3, -0.25) is 4.79 Å². The average molecular weight is 462 g/mol. The smallest absolute Gasteiger partial charge is 0.256 e. The fraction of sp³-hybridized carbons (Fsp3) is 0.261. The molecule has 2 aliphatic rings. The van der Waals surface area contributed by atoms with E-state index in [1.807, 2.05) is 4.68 Å². The number of nitrogens with one attached hydrogen (secondary N) is 2. The van der Waals surface area contributed by atoms with Gasteiger partial charge in [-0.15, -0.1) is 0 Å². The highest BCUT2D eigenvalue weighted by Crippen LogP contribution is 2.42. The lowest BCUT2D eigenvalue weighted by Crippen LogP contribution is -2.35. The summed E-state index contributed by atoms with van der Waals surface area (Å²) in [6, 6.07) is 6.66. The average Bonchev–Trinajstić information content (AvgIpc) is 3.54. The van der Waals surface area contributed by atoms with Gasteiger partial charge in [-0.1, -0.05) is 0 Å². The number of halogens is 2. The molecule has 1 amide bonds. The molecule has 11 heteroatoms. The molecule has 2 fully saturated rings. The summed E-state index contributed by atoms with van der Waals surface area (Å²) in [5.74, 6) is -0.987. The van der Waals surface area contributed by atoms with Crippen molar-refractivity contribution in [2.75, 3.05) is 17.6 Å². The number of carbonyl (C=O) groups excluding carboxylic acids is 1. The Hall–Kier alpha value is -3.99. The fourth-order valence-electron chi connectivity index (χ4n) is 5.02. The molecule has 4 N–H and O–H groups in total. The van der Waals surface area contributed by atoms with Crippen molar-refractivity contribution in [3.63, 3.8) is 0 Å². The van der Waals surface area contributed by atoms with Crippen LogP contribution in [0.1, 0.15) is 29.2 Å². The van der Waals surface area contributed by atoms with Crippen LogP contribution in [0.3, 0.4) is 0 Å². The molecule has 0 spiro atoms. The molecule has 34 heavy (non-hydrogen) atoms. The van der Waals surface area contributed by atoms with Crippen molar-refractivity contribution in [1.82, 2.24) is 30.0 Å². The maximum atomic E-state index is 15.3. The zero-order valence-corrected chi connectivity index (χ0v) is 17.9. The van der Waals surface area contributed by atoms with Crippen LogP contribution in [0.5, 0.6) is 0 Å². The van der Waals surface area contributed by atoms with E-state index in [4.69, 9.17) is 10.8 Å². The predicted octanol–water partition coefficient (Wildman–Crippen LogP) is 2.92. The third-order valence-corrected chi connectivity index (χ3v) is 6.58. The van der Waals surface area contributed by atoms with Crippen LogP contribution >= 0.6 is 0 Å². The van der Waals surface area contributed by atoms with Crippen LogP contribution in [0.2, 0.25) is 0 Å². The van der Waals surface area contributed by atoms with E-state index in [1.165, 1.54) is 24.7 Å². The minimum Gasteiger partial charge on any atom is -0.383 e. The molecule has 0 unspecified atom stereocenters. The number of benzene rings is 1. The van der Waals surface area contributed by atoms with Crippen molar-refractivity contribution in [2.45, 2.75) is 24.9 Å². The fourth-order valence-corrected chi connectivity index (χ4v) is 5.02.